The van der Waals surface area contributed by atoms with Gasteiger partial charge in [0.1, 0.15) is 6.04 Å². The molecule has 0 saturated carbocycles. The maximum atomic E-state index is 12.6. The van der Waals surface area contributed by atoms with Gasteiger partial charge in [0.25, 0.3) is 11.8 Å². The highest BCUT2D eigenvalue weighted by Gasteiger charge is 2.46. The number of aliphatic hydroxyl groups excluding tert-OH is 1. The lowest BCUT2D eigenvalue weighted by Gasteiger charge is -2.27. The number of nitrogens with zero attached hydrogens (tertiary/aromatic N) is 1. The van der Waals surface area contributed by atoms with Crippen molar-refractivity contribution < 1.29 is 34.2 Å². The molecule has 9 nitrogen and oxygen atoms in total. The zero-order chi connectivity index (χ0) is 17.6. The predicted octanol–water partition coefficient (Wildman–Crippen LogP) is -0.794. The number of fused-ring (bicyclic) bond motifs is 1. The van der Waals surface area contributed by atoms with Crippen molar-refractivity contribution in [2.24, 2.45) is 0 Å². The number of aliphatic hydroxyl groups is 1. The monoisotopic (exact) mass is 332 g/mol. The molecule has 9 heteroatoms. The number of amides is 4. The van der Waals surface area contributed by atoms with Crippen molar-refractivity contribution in [1.29, 1.82) is 0 Å². The molecule has 24 heavy (non-hydrogen) atoms. The highest BCUT2D eigenvalue weighted by Crippen LogP contribution is 2.32. The number of imide groups is 2. The Bertz CT molecular complexity index is 801. The Labute approximate surface area is 134 Å². The van der Waals surface area contributed by atoms with Crippen LogP contribution in [0.2, 0.25) is 0 Å². The van der Waals surface area contributed by atoms with Crippen LogP contribution >= 0.6 is 0 Å². The predicted molar refractivity (Wildman–Crippen MR) is 75.7 cm³/mol. The molecule has 0 aliphatic carbocycles. The van der Waals surface area contributed by atoms with Crippen LogP contribution < -0.4 is 5.32 Å². The van der Waals surface area contributed by atoms with E-state index < -0.39 is 41.7 Å². The Kier molecular flexibility index (Phi) is 3.64. The van der Waals surface area contributed by atoms with Gasteiger partial charge in [-0.25, -0.2) is 4.79 Å². The number of carboxylic acid groups (broad SMARTS) is 1. The summed E-state index contributed by atoms with van der Waals surface area (Å²) in [7, 11) is 0. The van der Waals surface area contributed by atoms with Gasteiger partial charge < -0.3 is 10.2 Å². The summed E-state index contributed by atoms with van der Waals surface area (Å²) in [6, 6.07) is 2.75. The molecule has 1 saturated heterocycles. The van der Waals surface area contributed by atoms with E-state index in [1.165, 1.54) is 18.2 Å². The van der Waals surface area contributed by atoms with Crippen LogP contribution in [0.3, 0.4) is 0 Å². The third-order valence-electron chi connectivity index (χ3n) is 4.03. The first-order valence-corrected chi connectivity index (χ1v) is 7.08. The first-order chi connectivity index (χ1) is 11.3. The summed E-state index contributed by atoms with van der Waals surface area (Å²) >= 11 is 0. The minimum Gasteiger partial charge on any atom is -0.479 e. The molecule has 2 unspecified atom stereocenters. The molecule has 2 atom stereocenters. The quantitative estimate of drug-likeness (QED) is 0.616. The molecule has 4 amide bonds. The molecule has 1 aromatic carbocycles. The van der Waals surface area contributed by atoms with Gasteiger partial charge in [-0.2, -0.15) is 0 Å². The van der Waals surface area contributed by atoms with Crippen molar-refractivity contribution in [3.63, 3.8) is 0 Å². The average molecular weight is 332 g/mol. The molecule has 0 aromatic heterocycles. The molecule has 0 radical (unpaired) electrons. The topological polar surface area (TPSA) is 141 Å². The molecule has 3 rings (SSSR count). The SMILES string of the molecule is O=C1CCC(N2C(=O)c3cccc(C(O)C(=O)O)c3C2=O)C(=O)N1. The number of benzene rings is 1. The largest absolute Gasteiger partial charge is 0.479 e. The number of piperidine rings is 1. The normalized spacial score (nSPS) is 21.5. The molecule has 0 bridgehead atoms. The minimum atomic E-state index is -1.97. The fourth-order valence-corrected chi connectivity index (χ4v) is 2.90. The fourth-order valence-electron chi connectivity index (χ4n) is 2.90. The molecule has 2 aliphatic rings. The van der Waals surface area contributed by atoms with Crippen molar-refractivity contribution in [2.45, 2.75) is 25.0 Å². The van der Waals surface area contributed by atoms with Gasteiger partial charge in [0, 0.05) is 12.0 Å². The van der Waals surface area contributed by atoms with Crippen LogP contribution in [0.15, 0.2) is 18.2 Å². The van der Waals surface area contributed by atoms with E-state index in [0.29, 0.717) is 4.90 Å². The summed E-state index contributed by atoms with van der Waals surface area (Å²) in [4.78, 5) is 60.0. The first kappa shape index (κ1) is 15.8. The summed E-state index contributed by atoms with van der Waals surface area (Å²) in [6.07, 6.45) is -2.00. The molecule has 124 valence electrons. The van der Waals surface area contributed by atoms with Gasteiger partial charge in [0.15, 0.2) is 6.10 Å². The number of nitrogens with one attached hydrogen (secondary N) is 1. The molecule has 1 fully saturated rings. The van der Waals surface area contributed by atoms with Gasteiger partial charge in [-0.05, 0) is 12.5 Å². The number of hydrogen-bond donors (Lipinski definition) is 3. The number of carbonyl (C=O) groups is 5. The molecule has 0 spiro atoms. The third kappa shape index (κ3) is 2.26. The summed E-state index contributed by atoms with van der Waals surface area (Å²) in [5.41, 5.74) is -0.530. The first-order valence-electron chi connectivity index (χ1n) is 7.08. The standard InChI is InChI=1S/C15H12N2O7/c18-9-5-4-8(12(20)16-9)17-13(21)7-3-1-2-6(10(7)14(17)22)11(19)15(23)24/h1-3,8,11,19H,4-5H2,(H,23,24)(H,16,18,20). The number of rotatable bonds is 3. The number of carbonyl (C=O) groups excluding carboxylic acids is 4. The van der Waals surface area contributed by atoms with Crippen molar-refractivity contribution >= 4 is 29.6 Å². The number of aliphatic carboxylic acids is 1. The maximum absolute atomic E-state index is 12.6. The average Bonchev–Trinajstić information content (AvgIpc) is 2.79. The second-order valence-electron chi connectivity index (χ2n) is 5.46. The van der Waals surface area contributed by atoms with Gasteiger partial charge >= 0.3 is 5.97 Å². The second kappa shape index (κ2) is 5.53. The fraction of sp³-hybridized carbons (Fsp3) is 0.267. The highest BCUT2D eigenvalue weighted by atomic mass is 16.4. The Morgan fingerprint density at radius 1 is 1.21 bits per heavy atom. The van der Waals surface area contributed by atoms with Crippen LogP contribution in [0.5, 0.6) is 0 Å². The summed E-state index contributed by atoms with van der Waals surface area (Å²) in [5.74, 6) is -4.44. The van der Waals surface area contributed by atoms with Crippen molar-refractivity contribution in [3.05, 3.63) is 34.9 Å². The van der Waals surface area contributed by atoms with E-state index in [-0.39, 0.29) is 29.5 Å². The van der Waals surface area contributed by atoms with Gasteiger partial charge in [-0.3, -0.25) is 29.4 Å². The Morgan fingerprint density at radius 3 is 2.54 bits per heavy atom. The van der Waals surface area contributed by atoms with Gasteiger partial charge in [-0.15, -0.1) is 0 Å². The van der Waals surface area contributed by atoms with E-state index in [9.17, 15) is 29.1 Å². The molecule has 3 N–H and O–H groups in total. The van der Waals surface area contributed by atoms with Crippen LogP contribution in [-0.2, 0) is 14.4 Å². The Morgan fingerprint density at radius 2 is 1.92 bits per heavy atom. The summed E-state index contributed by atoms with van der Waals surface area (Å²) in [6.45, 7) is 0. The summed E-state index contributed by atoms with van der Waals surface area (Å²) < 4.78 is 0. The number of carboxylic acids is 1. The van der Waals surface area contributed by atoms with Crippen LogP contribution in [0.4, 0.5) is 0 Å². The lowest BCUT2D eigenvalue weighted by Crippen LogP contribution is -2.54. The van der Waals surface area contributed by atoms with Crippen molar-refractivity contribution in [2.75, 3.05) is 0 Å². The molecule has 1 aromatic rings. The second-order valence-corrected chi connectivity index (χ2v) is 5.46. The van der Waals surface area contributed by atoms with E-state index in [2.05, 4.69) is 5.32 Å². The van der Waals surface area contributed by atoms with Gasteiger partial charge in [0.2, 0.25) is 11.8 Å². The van der Waals surface area contributed by atoms with Crippen LogP contribution in [0, 0.1) is 0 Å². The molecule has 2 heterocycles. The summed E-state index contributed by atoms with van der Waals surface area (Å²) in [5, 5.41) is 20.7. The zero-order valence-corrected chi connectivity index (χ0v) is 12.2. The van der Waals surface area contributed by atoms with Gasteiger partial charge in [0.05, 0.1) is 11.1 Å². The maximum Gasteiger partial charge on any atom is 0.337 e. The van der Waals surface area contributed by atoms with E-state index in [0.717, 1.165) is 0 Å². The Hall–Kier alpha value is -3.07. The van der Waals surface area contributed by atoms with Crippen molar-refractivity contribution in [1.82, 2.24) is 10.2 Å². The van der Waals surface area contributed by atoms with Gasteiger partial charge in [-0.1, -0.05) is 12.1 Å². The highest BCUT2D eigenvalue weighted by molar-refractivity contribution is 6.24. The van der Waals surface area contributed by atoms with E-state index >= 15 is 0 Å². The lowest BCUT2D eigenvalue weighted by atomic mass is 9.98. The van der Waals surface area contributed by atoms with Crippen LogP contribution in [-0.4, -0.2) is 50.8 Å². The van der Waals surface area contributed by atoms with Crippen LogP contribution in [0.25, 0.3) is 0 Å². The third-order valence-corrected chi connectivity index (χ3v) is 4.03. The van der Waals surface area contributed by atoms with Crippen LogP contribution in [0.1, 0.15) is 45.2 Å². The smallest absolute Gasteiger partial charge is 0.337 e. The molecule has 2 aliphatic heterocycles. The van der Waals surface area contributed by atoms with E-state index in [4.69, 9.17) is 5.11 Å². The minimum absolute atomic E-state index is 0.00699. The Balaban J connectivity index is 2.03. The zero-order valence-electron chi connectivity index (χ0n) is 12.2. The molecular weight excluding hydrogens is 320 g/mol. The lowest BCUT2D eigenvalue weighted by molar-refractivity contribution is -0.147. The van der Waals surface area contributed by atoms with E-state index in [1.54, 1.807) is 0 Å². The number of hydrogen-bond acceptors (Lipinski definition) is 6. The van der Waals surface area contributed by atoms with E-state index in [1.807, 2.05) is 0 Å². The molecular formula is C15H12N2O7. The van der Waals surface area contributed by atoms with Crippen molar-refractivity contribution in [3.8, 4) is 0 Å².